The molecule has 0 aliphatic rings. The monoisotopic (exact) mass is 384 g/mol. The molecule has 1 N–H and O–H groups in total. The standard InChI is InChI=1S/C17H15Cl2FN2O3/c1-22(17(24)12-5-4-11(20)8-13(12)19)9-16(23)21-14-7-10(18)3-6-15(14)25-2/h3-8H,9H2,1-2H3,(H,21,23). The number of amides is 2. The number of nitrogens with zero attached hydrogens (tertiary/aromatic N) is 1. The van der Waals surface area contributed by atoms with Crippen LogP contribution in [0.15, 0.2) is 36.4 Å². The summed E-state index contributed by atoms with van der Waals surface area (Å²) in [6.07, 6.45) is 0. The third kappa shape index (κ3) is 4.84. The van der Waals surface area contributed by atoms with E-state index >= 15 is 0 Å². The number of rotatable bonds is 5. The van der Waals surface area contributed by atoms with Gasteiger partial charge in [0.05, 0.1) is 29.9 Å². The SMILES string of the molecule is COc1ccc(Cl)cc1NC(=O)CN(C)C(=O)c1ccc(F)cc1Cl. The molecule has 2 aromatic rings. The molecular formula is C17H15Cl2FN2O3. The topological polar surface area (TPSA) is 58.6 Å². The fourth-order valence-corrected chi connectivity index (χ4v) is 2.54. The minimum absolute atomic E-state index is 0.0197. The van der Waals surface area contributed by atoms with Crippen molar-refractivity contribution in [3.8, 4) is 5.75 Å². The molecule has 8 heteroatoms. The van der Waals surface area contributed by atoms with Gasteiger partial charge >= 0.3 is 0 Å². The Labute approximate surface area is 154 Å². The van der Waals surface area contributed by atoms with Crippen molar-refractivity contribution >= 4 is 40.7 Å². The smallest absolute Gasteiger partial charge is 0.255 e. The van der Waals surface area contributed by atoms with E-state index in [1.54, 1.807) is 12.1 Å². The Morgan fingerprint density at radius 2 is 1.92 bits per heavy atom. The summed E-state index contributed by atoms with van der Waals surface area (Å²) in [5, 5.41) is 3.04. The van der Waals surface area contributed by atoms with Crippen LogP contribution >= 0.6 is 23.2 Å². The molecule has 0 atom stereocenters. The van der Waals surface area contributed by atoms with Crippen LogP contribution in [0.1, 0.15) is 10.4 Å². The van der Waals surface area contributed by atoms with E-state index in [9.17, 15) is 14.0 Å². The molecule has 25 heavy (non-hydrogen) atoms. The minimum Gasteiger partial charge on any atom is -0.495 e. The Hall–Kier alpha value is -2.31. The van der Waals surface area contributed by atoms with E-state index in [2.05, 4.69) is 5.32 Å². The van der Waals surface area contributed by atoms with Crippen molar-refractivity contribution in [3.63, 3.8) is 0 Å². The first-order valence-electron chi connectivity index (χ1n) is 7.15. The van der Waals surface area contributed by atoms with Gasteiger partial charge in [-0.05, 0) is 36.4 Å². The number of halogens is 3. The number of benzene rings is 2. The van der Waals surface area contributed by atoms with Crippen LogP contribution in [0.4, 0.5) is 10.1 Å². The van der Waals surface area contributed by atoms with Gasteiger partial charge in [-0.2, -0.15) is 0 Å². The fourth-order valence-electron chi connectivity index (χ4n) is 2.12. The zero-order chi connectivity index (χ0) is 18.6. The van der Waals surface area contributed by atoms with Crippen LogP contribution < -0.4 is 10.1 Å². The number of carbonyl (C=O) groups excluding carboxylic acids is 2. The summed E-state index contributed by atoms with van der Waals surface area (Å²) in [7, 11) is 2.90. The normalized spacial score (nSPS) is 10.3. The maximum Gasteiger partial charge on any atom is 0.255 e. The maximum atomic E-state index is 13.1. The molecule has 5 nitrogen and oxygen atoms in total. The van der Waals surface area contributed by atoms with E-state index in [0.717, 1.165) is 12.1 Å². The summed E-state index contributed by atoms with van der Waals surface area (Å²) < 4.78 is 18.2. The lowest BCUT2D eigenvalue weighted by Crippen LogP contribution is -2.35. The molecule has 0 aromatic heterocycles. The van der Waals surface area contributed by atoms with Crippen molar-refractivity contribution in [2.75, 3.05) is 26.0 Å². The van der Waals surface area contributed by atoms with E-state index in [-0.39, 0.29) is 17.1 Å². The van der Waals surface area contributed by atoms with Gasteiger partial charge in [-0.15, -0.1) is 0 Å². The van der Waals surface area contributed by atoms with E-state index in [0.29, 0.717) is 16.5 Å². The first-order valence-corrected chi connectivity index (χ1v) is 7.91. The summed E-state index contributed by atoms with van der Waals surface area (Å²) >= 11 is 11.8. The minimum atomic E-state index is -0.546. The Morgan fingerprint density at radius 3 is 2.56 bits per heavy atom. The molecule has 0 saturated heterocycles. The highest BCUT2D eigenvalue weighted by molar-refractivity contribution is 6.33. The third-order valence-electron chi connectivity index (χ3n) is 3.32. The zero-order valence-corrected chi connectivity index (χ0v) is 15.0. The molecule has 0 radical (unpaired) electrons. The highest BCUT2D eigenvalue weighted by Gasteiger charge is 2.18. The van der Waals surface area contributed by atoms with Crippen LogP contribution in [-0.2, 0) is 4.79 Å². The molecular weight excluding hydrogens is 370 g/mol. The average Bonchev–Trinajstić information content (AvgIpc) is 2.54. The highest BCUT2D eigenvalue weighted by atomic mass is 35.5. The van der Waals surface area contributed by atoms with Crippen LogP contribution in [0, 0.1) is 5.82 Å². The van der Waals surface area contributed by atoms with Gasteiger partial charge in [0.1, 0.15) is 11.6 Å². The molecule has 0 saturated carbocycles. The second-order valence-corrected chi connectivity index (χ2v) is 6.02. The summed E-state index contributed by atoms with van der Waals surface area (Å²) in [5.41, 5.74) is 0.499. The number of ether oxygens (including phenoxy) is 1. The van der Waals surface area contributed by atoms with Gasteiger partial charge in [-0.1, -0.05) is 23.2 Å². The molecule has 2 rings (SSSR count). The quantitative estimate of drug-likeness (QED) is 0.851. The van der Waals surface area contributed by atoms with Crippen LogP contribution in [0.3, 0.4) is 0 Å². The summed E-state index contributed by atoms with van der Waals surface area (Å²) in [6, 6.07) is 8.22. The van der Waals surface area contributed by atoms with Crippen molar-refractivity contribution < 1.29 is 18.7 Å². The van der Waals surface area contributed by atoms with Gasteiger partial charge in [0.25, 0.3) is 5.91 Å². The molecule has 0 spiro atoms. The molecule has 2 aromatic carbocycles. The largest absolute Gasteiger partial charge is 0.495 e. The Morgan fingerprint density at radius 1 is 1.20 bits per heavy atom. The highest BCUT2D eigenvalue weighted by Crippen LogP contribution is 2.27. The predicted octanol–water partition coefficient (Wildman–Crippen LogP) is 3.85. The van der Waals surface area contributed by atoms with Crippen LogP contribution in [0.25, 0.3) is 0 Å². The molecule has 0 unspecified atom stereocenters. The zero-order valence-electron chi connectivity index (χ0n) is 13.5. The maximum absolute atomic E-state index is 13.1. The number of hydrogen-bond donors (Lipinski definition) is 1. The average molecular weight is 385 g/mol. The Bertz CT molecular complexity index is 814. The molecule has 0 bridgehead atoms. The second-order valence-electron chi connectivity index (χ2n) is 5.18. The molecule has 0 aliphatic carbocycles. The predicted molar refractivity (Wildman–Crippen MR) is 95.0 cm³/mol. The molecule has 0 fully saturated rings. The van der Waals surface area contributed by atoms with Gasteiger partial charge < -0.3 is 15.0 Å². The number of hydrogen-bond acceptors (Lipinski definition) is 3. The van der Waals surface area contributed by atoms with E-state index in [1.807, 2.05) is 0 Å². The first-order chi connectivity index (χ1) is 11.8. The van der Waals surface area contributed by atoms with E-state index in [1.165, 1.54) is 31.2 Å². The number of methoxy groups -OCH3 is 1. The Kier molecular flexibility index (Phi) is 6.22. The van der Waals surface area contributed by atoms with Crippen molar-refractivity contribution in [2.24, 2.45) is 0 Å². The molecule has 2 amide bonds. The number of nitrogens with one attached hydrogen (secondary N) is 1. The van der Waals surface area contributed by atoms with Gasteiger partial charge in [-0.25, -0.2) is 4.39 Å². The van der Waals surface area contributed by atoms with Crippen molar-refractivity contribution in [1.29, 1.82) is 0 Å². The van der Waals surface area contributed by atoms with Gasteiger partial charge in [0.15, 0.2) is 0 Å². The molecule has 0 heterocycles. The van der Waals surface area contributed by atoms with Crippen molar-refractivity contribution in [3.05, 3.63) is 57.8 Å². The number of anilines is 1. The van der Waals surface area contributed by atoms with E-state index in [4.69, 9.17) is 27.9 Å². The lowest BCUT2D eigenvalue weighted by Gasteiger charge is -2.18. The fraction of sp³-hybridized carbons (Fsp3) is 0.176. The van der Waals surface area contributed by atoms with Crippen molar-refractivity contribution in [1.82, 2.24) is 4.90 Å². The van der Waals surface area contributed by atoms with Crippen LogP contribution in [0.2, 0.25) is 10.0 Å². The van der Waals surface area contributed by atoms with E-state index < -0.39 is 17.6 Å². The van der Waals surface area contributed by atoms with Crippen LogP contribution in [-0.4, -0.2) is 37.4 Å². The van der Waals surface area contributed by atoms with Gasteiger partial charge in [0.2, 0.25) is 5.91 Å². The van der Waals surface area contributed by atoms with Gasteiger partial charge in [0, 0.05) is 12.1 Å². The van der Waals surface area contributed by atoms with Crippen LogP contribution in [0.5, 0.6) is 5.75 Å². The second kappa shape index (κ2) is 8.18. The molecule has 132 valence electrons. The van der Waals surface area contributed by atoms with Crippen molar-refractivity contribution in [2.45, 2.75) is 0 Å². The summed E-state index contributed by atoms with van der Waals surface area (Å²) in [6.45, 7) is -0.234. The summed E-state index contributed by atoms with van der Waals surface area (Å²) in [5.74, 6) is -1.06. The summed E-state index contributed by atoms with van der Waals surface area (Å²) in [4.78, 5) is 25.7. The number of likely N-dealkylation sites (N-methyl/N-ethyl adjacent to an activating group) is 1. The van der Waals surface area contributed by atoms with Gasteiger partial charge in [-0.3, -0.25) is 9.59 Å². The third-order valence-corrected chi connectivity index (χ3v) is 3.87. The lowest BCUT2D eigenvalue weighted by atomic mass is 10.2. The first kappa shape index (κ1) is 19.0. The lowest BCUT2D eigenvalue weighted by molar-refractivity contribution is -0.116. The Balaban J connectivity index is 2.07. The molecule has 0 aliphatic heterocycles. The number of carbonyl (C=O) groups is 2.